The lowest BCUT2D eigenvalue weighted by Gasteiger charge is -2.30. The van der Waals surface area contributed by atoms with E-state index in [1.165, 1.54) is 11.3 Å². The summed E-state index contributed by atoms with van der Waals surface area (Å²) in [6.45, 7) is 4.94. The summed E-state index contributed by atoms with van der Waals surface area (Å²) in [6, 6.07) is 5.39. The number of hydrogen-bond acceptors (Lipinski definition) is 6. The van der Waals surface area contributed by atoms with Crippen LogP contribution in [0.1, 0.15) is 32.9 Å². The van der Waals surface area contributed by atoms with Crippen molar-refractivity contribution in [1.29, 1.82) is 0 Å². The molecule has 4 heterocycles. The maximum Gasteiger partial charge on any atom is 0.265 e. The fourth-order valence-corrected chi connectivity index (χ4v) is 4.12. The van der Waals surface area contributed by atoms with Gasteiger partial charge in [0.25, 0.3) is 11.8 Å². The number of nitrogens with one attached hydrogen (secondary N) is 2. The van der Waals surface area contributed by atoms with Gasteiger partial charge in [0, 0.05) is 39.3 Å². The molecule has 2 saturated heterocycles. The van der Waals surface area contributed by atoms with Crippen LogP contribution in [-0.4, -0.2) is 61.0 Å². The Labute approximate surface area is 162 Å². The largest absolute Gasteiger partial charge is 0.353 e. The van der Waals surface area contributed by atoms with Crippen molar-refractivity contribution in [2.24, 2.45) is 0 Å². The van der Waals surface area contributed by atoms with Crippen molar-refractivity contribution in [1.82, 2.24) is 15.2 Å². The van der Waals surface area contributed by atoms with Gasteiger partial charge in [0.1, 0.15) is 5.82 Å². The molecular weight excluding hydrogens is 362 g/mol. The highest BCUT2D eigenvalue weighted by Gasteiger charge is 2.26. The molecule has 142 valence electrons. The monoisotopic (exact) mass is 385 g/mol. The average Bonchev–Trinajstić information content (AvgIpc) is 3.42. The first-order valence-electron chi connectivity index (χ1n) is 9.32. The van der Waals surface area contributed by atoms with E-state index in [4.69, 9.17) is 0 Å². The van der Waals surface area contributed by atoms with Crippen LogP contribution in [0.4, 0.5) is 11.5 Å². The predicted molar refractivity (Wildman–Crippen MR) is 107 cm³/mol. The molecule has 8 heteroatoms. The van der Waals surface area contributed by atoms with Gasteiger partial charge in [-0.25, -0.2) is 4.98 Å². The summed E-state index contributed by atoms with van der Waals surface area (Å²) in [5.41, 5.74) is 1.12. The molecule has 2 N–H and O–H groups in total. The van der Waals surface area contributed by atoms with E-state index in [0.717, 1.165) is 52.1 Å². The number of thiophene rings is 1. The van der Waals surface area contributed by atoms with E-state index >= 15 is 0 Å². The lowest BCUT2D eigenvalue weighted by atomic mass is 10.1. The number of amides is 2. The van der Waals surface area contributed by atoms with Gasteiger partial charge < -0.3 is 20.4 Å². The first-order chi connectivity index (χ1) is 13.2. The van der Waals surface area contributed by atoms with Crippen LogP contribution in [0.25, 0.3) is 0 Å². The highest BCUT2D eigenvalue weighted by Crippen LogP contribution is 2.25. The summed E-state index contributed by atoms with van der Waals surface area (Å²) < 4.78 is 0. The Morgan fingerprint density at radius 3 is 2.63 bits per heavy atom. The van der Waals surface area contributed by atoms with E-state index in [0.29, 0.717) is 21.9 Å². The molecule has 0 saturated carbocycles. The Bertz CT molecular complexity index is 812. The van der Waals surface area contributed by atoms with Crippen molar-refractivity contribution in [3.05, 3.63) is 40.2 Å². The smallest absolute Gasteiger partial charge is 0.265 e. The van der Waals surface area contributed by atoms with E-state index in [1.807, 2.05) is 16.3 Å². The first kappa shape index (κ1) is 17.9. The highest BCUT2D eigenvalue weighted by atomic mass is 32.1. The number of aromatic nitrogens is 1. The molecule has 2 fully saturated rings. The van der Waals surface area contributed by atoms with Crippen molar-refractivity contribution >= 4 is 34.7 Å². The zero-order chi connectivity index (χ0) is 18.6. The van der Waals surface area contributed by atoms with Crippen molar-refractivity contribution in [2.45, 2.75) is 12.8 Å². The van der Waals surface area contributed by atoms with Crippen LogP contribution in [0.2, 0.25) is 0 Å². The third-order valence-corrected chi connectivity index (χ3v) is 5.78. The van der Waals surface area contributed by atoms with Gasteiger partial charge in [0.15, 0.2) is 0 Å². The maximum atomic E-state index is 13.1. The number of anilines is 2. The number of rotatable bonds is 4. The standard InChI is InChI=1S/C19H23N5O2S/c25-18(16-4-3-11-27-16)22-14-12-15(19(26)24-7-1-2-8-24)17(21-13-14)23-9-5-20-6-10-23/h3-4,11-13,20H,1-2,5-10H2,(H,22,25). The topological polar surface area (TPSA) is 77.6 Å². The number of hydrogen-bond donors (Lipinski definition) is 2. The maximum absolute atomic E-state index is 13.1. The van der Waals surface area contributed by atoms with Crippen LogP contribution in [0, 0.1) is 0 Å². The van der Waals surface area contributed by atoms with E-state index in [-0.39, 0.29) is 11.8 Å². The molecule has 27 heavy (non-hydrogen) atoms. The normalized spacial score (nSPS) is 17.2. The van der Waals surface area contributed by atoms with Crippen LogP contribution in [0.15, 0.2) is 29.8 Å². The Kier molecular flexibility index (Phi) is 5.35. The number of pyridine rings is 1. The number of likely N-dealkylation sites (tertiary alicyclic amines) is 1. The molecule has 4 rings (SSSR count). The van der Waals surface area contributed by atoms with E-state index < -0.39 is 0 Å². The van der Waals surface area contributed by atoms with Gasteiger partial charge in [0.05, 0.1) is 22.3 Å². The van der Waals surface area contributed by atoms with Crippen molar-refractivity contribution in [2.75, 3.05) is 49.5 Å². The van der Waals surface area contributed by atoms with Crippen molar-refractivity contribution in [3.8, 4) is 0 Å². The second-order valence-electron chi connectivity index (χ2n) is 6.76. The predicted octanol–water partition coefficient (Wildman–Crippen LogP) is 2.04. The molecule has 0 atom stereocenters. The van der Waals surface area contributed by atoms with Gasteiger partial charge in [-0.15, -0.1) is 11.3 Å². The van der Waals surface area contributed by atoms with Crippen LogP contribution in [0.5, 0.6) is 0 Å². The molecule has 2 aromatic heterocycles. The minimum absolute atomic E-state index is 0.000699. The zero-order valence-corrected chi connectivity index (χ0v) is 15.9. The number of nitrogens with zero attached hydrogens (tertiary/aromatic N) is 3. The van der Waals surface area contributed by atoms with Gasteiger partial charge in [-0.2, -0.15) is 0 Å². The van der Waals surface area contributed by atoms with E-state index in [1.54, 1.807) is 18.3 Å². The van der Waals surface area contributed by atoms with Crippen LogP contribution < -0.4 is 15.5 Å². The van der Waals surface area contributed by atoms with Gasteiger partial charge in [0.2, 0.25) is 0 Å². The van der Waals surface area contributed by atoms with E-state index in [2.05, 4.69) is 20.5 Å². The molecular formula is C19H23N5O2S. The minimum Gasteiger partial charge on any atom is -0.353 e. The van der Waals surface area contributed by atoms with Crippen molar-refractivity contribution < 1.29 is 9.59 Å². The molecule has 0 bridgehead atoms. The number of carbonyl (C=O) groups is 2. The second kappa shape index (κ2) is 8.06. The summed E-state index contributed by atoms with van der Waals surface area (Å²) in [7, 11) is 0. The fraction of sp³-hybridized carbons (Fsp3) is 0.421. The highest BCUT2D eigenvalue weighted by molar-refractivity contribution is 7.12. The zero-order valence-electron chi connectivity index (χ0n) is 15.1. The molecule has 0 spiro atoms. The summed E-state index contributed by atoms with van der Waals surface area (Å²) in [4.78, 5) is 34.7. The Morgan fingerprint density at radius 2 is 1.93 bits per heavy atom. The Balaban J connectivity index is 1.62. The molecule has 0 aromatic carbocycles. The number of carbonyl (C=O) groups excluding carboxylic acids is 2. The lowest BCUT2D eigenvalue weighted by molar-refractivity contribution is 0.0792. The molecule has 0 radical (unpaired) electrons. The first-order valence-corrected chi connectivity index (χ1v) is 10.2. The van der Waals surface area contributed by atoms with Gasteiger partial charge in [-0.05, 0) is 30.4 Å². The molecule has 2 aliphatic heterocycles. The molecule has 0 unspecified atom stereocenters. The molecule has 2 aliphatic rings. The van der Waals surface area contributed by atoms with Gasteiger partial charge in [-0.3, -0.25) is 9.59 Å². The van der Waals surface area contributed by atoms with Crippen LogP contribution in [0.3, 0.4) is 0 Å². The molecule has 2 amide bonds. The molecule has 2 aromatic rings. The quantitative estimate of drug-likeness (QED) is 0.842. The summed E-state index contributed by atoms with van der Waals surface area (Å²) >= 11 is 1.38. The second-order valence-corrected chi connectivity index (χ2v) is 7.71. The van der Waals surface area contributed by atoms with Crippen molar-refractivity contribution in [3.63, 3.8) is 0 Å². The Morgan fingerprint density at radius 1 is 1.15 bits per heavy atom. The third kappa shape index (κ3) is 3.96. The fourth-order valence-electron chi connectivity index (χ4n) is 3.50. The summed E-state index contributed by atoms with van der Waals surface area (Å²) in [5, 5.41) is 8.05. The minimum atomic E-state index is -0.179. The van der Waals surface area contributed by atoms with E-state index in [9.17, 15) is 9.59 Å². The summed E-state index contributed by atoms with van der Waals surface area (Å²) in [5.74, 6) is 0.532. The van der Waals surface area contributed by atoms with Crippen LogP contribution in [-0.2, 0) is 0 Å². The van der Waals surface area contributed by atoms with Crippen LogP contribution >= 0.6 is 11.3 Å². The third-order valence-electron chi connectivity index (χ3n) is 4.91. The molecule has 7 nitrogen and oxygen atoms in total. The Hall–Kier alpha value is -2.45. The summed E-state index contributed by atoms with van der Waals surface area (Å²) in [6.07, 6.45) is 3.72. The molecule has 0 aliphatic carbocycles. The SMILES string of the molecule is O=C(Nc1cnc(N2CCNCC2)c(C(=O)N2CCCC2)c1)c1cccs1. The lowest BCUT2D eigenvalue weighted by Crippen LogP contribution is -2.45. The average molecular weight is 385 g/mol. The van der Waals surface area contributed by atoms with Gasteiger partial charge in [-0.1, -0.05) is 6.07 Å². The van der Waals surface area contributed by atoms with Gasteiger partial charge >= 0.3 is 0 Å². The number of piperazine rings is 1.